The molecule has 0 unspecified atom stereocenters. The van der Waals surface area contributed by atoms with E-state index in [1.165, 1.54) is 34.4 Å². The Morgan fingerprint density at radius 3 is 2.19 bits per heavy atom. The third-order valence-electron chi connectivity index (χ3n) is 8.84. The van der Waals surface area contributed by atoms with E-state index in [1.54, 1.807) is 0 Å². The van der Waals surface area contributed by atoms with E-state index in [0.29, 0.717) is 31.6 Å². The van der Waals surface area contributed by atoms with Gasteiger partial charge in [-0.15, -0.1) is 0 Å². The van der Waals surface area contributed by atoms with Gasteiger partial charge in [-0.2, -0.15) is 0 Å². The summed E-state index contributed by atoms with van der Waals surface area (Å²) < 4.78 is 36.7. The van der Waals surface area contributed by atoms with Gasteiger partial charge in [0, 0.05) is 42.0 Å². The van der Waals surface area contributed by atoms with Crippen LogP contribution in [0.5, 0.6) is 0 Å². The van der Waals surface area contributed by atoms with E-state index < -0.39 is 17.7 Å². The Morgan fingerprint density at radius 1 is 0.851 bits per heavy atom. The molecule has 0 spiro atoms. The summed E-state index contributed by atoms with van der Waals surface area (Å²) in [5.41, 5.74) is 7.57. The Balaban J connectivity index is 1.09. The Morgan fingerprint density at radius 2 is 1.51 bits per heavy atom. The number of carbonyl (C=O) groups is 1. The summed E-state index contributed by atoms with van der Waals surface area (Å²) in [7, 11) is 0. The molecule has 1 heterocycles. The van der Waals surface area contributed by atoms with Crippen molar-refractivity contribution in [1.82, 2.24) is 15.2 Å². The topological polar surface area (TPSA) is 55.3 Å². The molecule has 6 rings (SSSR count). The van der Waals surface area contributed by atoms with Crippen LogP contribution in [0.25, 0.3) is 22.3 Å². The van der Waals surface area contributed by atoms with Gasteiger partial charge < -0.3 is 19.9 Å². The van der Waals surface area contributed by atoms with Crippen LogP contribution in [0.1, 0.15) is 61.5 Å². The van der Waals surface area contributed by atoms with Crippen molar-refractivity contribution in [3.63, 3.8) is 0 Å². The summed E-state index contributed by atoms with van der Waals surface area (Å²) in [6.45, 7) is 8.35. The van der Waals surface area contributed by atoms with E-state index in [9.17, 15) is 13.6 Å². The number of halogens is 2. The van der Waals surface area contributed by atoms with Crippen LogP contribution in [-0.4, -0.2) is 30.4 Å². The fraction of sp³-hybridized carbons (Fsp3) is 0.275. The highest BCUT2D eigenvalue weighted by molar-refractivity contribution is 5.79. The lowest BCUT2D eigenvalue weighted by molar-refractivity contribution is 0.143. The Bertz CT molecular complexity index is 1800. The van der Waals surface area contributed by atoms with Crippen molar-refractivity contribution in [1.29, 1.82) is 0 Å². The maximum atomic E-state index is 14.8. The van der Waals surface area contributed by atoms with E-state index >= 15 is 0 Å². The van der Waals surface area contributed by atoms with Gasteiger partial charge in [0.15, 0.2) is 0 Å². The van der Waals surface area contributed by atoms with Gasteiger partial charge in [0.05, 0.1) is 12.6 Å². The molecule has 0 radical (unpaired) electrons. The van der Waals surface area contributed by atoms with Gasteiger partial charge >= 0.3 is 6.09 Å². The number of nitrogens with zero attached hydrogens (tertiary/aromatic N) is 1. The quantitative estimate of drug-likeness (QED) is 0.143. The summed E-state index contributed by atoms with van der Waals surface area (Å²) in [5, 5.41) is 6.64. The zero-order valence-corrected chi connectivity index (χ0v) is 27.1. The van der Waals surface area contributed by atoms with Crippen LogP contribution in [0, 0.1) is 17.0 Å². The first-order valence-corrected chi connectivity index (χ1v) is 16.2. The number of benzene rings is 4. The van der Waals surface area contributed by atoms with Crippen LogP contribution in [-0.2, 0) is 11.3 Å². The minimum absolute atomic E-state index is 0.0852. The van der Waals surface area contributed by atoms with Gasteiger partial charge in [-0.3, -0.25) is 0 Å². The molecule has 1 aliphatic carbocycles. The van der Waals surface area contributed by atoms with Crippen molar-refractivity contribution in [2.45, 2.75) is 45.7 Å². The monoisotopic (exact) mass is 633 g/mol. The molecule has 1 atom stereocenters. The lowest BCUT2D eigenvalue weighted by Gasteiger charge is -2.33. The van der Waals surface area contributed by atoms with E-state index in [1.807, 2.05) is 54.7 Å². The van der Waals surface area contributed by atoms with Crippen molar-refractivity contribution < 1.29 is 18.3 Å². The highest BCUT2D eigenvalue weighted by Gasteiger charge is 2.30. The first-order chi connectivity index (χ1) is 22.7. The molecule has 5 aromatic rings. The molecule has 1 aliphatic rings. The predicted octanol–water partition coefficient (Wildman–Crippen LogP) is 9.09. The van der Waals surface area contributed by atoms with Crippen LogP contribution in [0.2, 0.25) is 0 Å². The first kappa shape index (κ1) is 32.2. The normalized spacial score (nSPS) is 13.2. The van der Waals surface area contributed by atoms with Crippen molar-refractivity contribution in [3.8, 4) is 22.3 Å². The second kappa shape index (κ2) is 13.9. The molecule has 0 bridgehead atoms. The summed E-state index contributed by atoms with van der Waals surface area (Å²) in [6.07, 6.45) is 2.08. The van der Waals surface area contributed by atoms with Gasteiger partial charge in [0.1, 0.15) is 11.6 Å². The molecule has 0 saturated heterocycles. The van der Waals surface area contributed by atoms with E-state index in [-0.39, 0.29) is 29.5 Å². The molecule has 0 aliphatic heterocycles. The number of ether oxygens (including phenoxy) is 1. The molecule has 1 aromatic heterocycles. The van der Waals surface area contributed by atoms with Crippen molar-refractivity contribution in [3.05, 3.63) is 143 Å². The lowest BCUT2D eigenvalue weighted by atomic mass is 9.84. The maximum absolute atomic E-state index is 14.8. The molecule has 5 nitrogen and oxygen atoms in total. The summed E-state index contributed by atoms with van der Waals surface area (Å²) >= 11 is 0. The first-order valence-electron chi connectivity index (χ1n) is 16.2. The fourth-order valence-electron chi connectivity index (χ4n) is 6.61. The van der Waals surface area contributed by atoms with Crippen molar-refractivity contribution >= 4 is 6.09 Å². The third-order valence-corrected chi connectivity index (χ3v) is 8.84. The number of hydrogen-bond acceptors (Lipinski definition) is 3. The predicted molar refractivity (Wildman–Crippen MR) is 183 cm³/mol. The van der Waals surface area contributed by atoms with Gasteiger partial charge in [0.25, 0.3) is 0 Å². The average molecular weight is 634 g/mol. The largest absolute Gasteiger partial charge is 0.450 e. The number of alkyl carbamates (subject to hydrolysis) is 1. The molecule has 4 aromatic carbocycles. The minimum atomic E-state index is -0.480. The summed E-state index contributed by atoms with van der Waals surface area (Å²) in [4.78, 5) is 12.7. The Hall–Kier alpha value is -4.75. The van der Waals surface area contributed by atoms with Crippen LogP contribution in [0.3, 0.4) is 0 Å². The molecule has 47 heavy (non-hydrogen) atoms. The molecule has 7 heteroatoms. The molecular formula is C40H41F2N3O2. The highest BCUT2D eigenvalue weighted by atomic mass is 19.1. The number of rotatable bonds is 11. The smallest absolute Gasteiger partial charge is 0.407 e. The number of carbonyl (C=O) groups excluding carboxylic acids is 1. The number of fused-ring (bicyclic) bond motifs is 3. The standard InChI is InChI=1S/C40H41F2N3O2/c1-40(2,3)38(37-22-28(34-23-29(41)18-19-36(34)42)26-45(37)25-27-12-5-4-6-13-27)43-20-11-21-47-39(46)44-24-35-32-16-9-7-14-30(32)31-15-8-10-17-33(31)35/h4-10,12-19,22-23,26,35,38,43H,11,20-21,24-25H2,1-3H3,(H,44,46)/t38-/m0/s1. The zero-order chi connectivity index (χ0) is 33.0. The van der Waals surface area contributed by atoms with Crippen LogP contribution >= 0.6 is 0 Å². The Labute approximate surface area is 275 Å². The molecule has 0 saturated carbocycles. The van der Waals surface area contributed by atoms with Crippen LogP contribution in [0.4, 0.5) is 13.6 Å². The number of aromatic nitrogens is 1. The SMILES string of the molecule is CC(C)(C)[C@@H](NCCCOC(=O)NCC1c2ccccc2-c2ccccc21)c1cc(-c2cc(F)ccc2F)cn1Cc1ccccc1. The third kappa shape index (κ3) is 7.31. The van der Waals surface area contributed by atoms with Crippen LogP contribution < -0.4 is 10.6 Å². The minimum Gasteiger partial charge on any atom is -0.450 e. The maximum Gasteiger partial charge on any atom is 0.407 e. The average Bonchev–Trinajstić information content (AvgIpc) is 3.61. The van der Waals surface area contributed by atoms with E-state index in [0.717, 1.165) is 17.3 Å². The van der Waals surface area contributed by atoms with Crippen molar-refractivity contribution in [2.24, 2.45) is 5.41 Å². The van der Waals surface area contributed by atoms with Gasteiger partial charge in [0.2, 0.25) is 0 Å². The summed E-state index contributed by atoms with van der Waals surface area (Å²) in [5.74, 6) is -0.861. The van der Waals surface area contributed by atoms with Crippen molar-refractivity contribution in [2.75, 3.05) is 19.7 Å². The number of nitrogens with one attached hydrogen (secondary N) is 2. The Kier molecular flexibility index (Phi) is 9.55. The zero-order valence-electron chi connectivity index (χ0n) is 27.1. The van der Waals surface area contributed by atoms with E-state index in [2.05, 4.69) is 72.4 Å². The van der Waals surface area contributed by atoms with Gasteiger partial charge in [-0.25, -0.2) is 13.6 Å². The fourth-order valence-corrected chi connectivity index (χ4v) is 6.61. The van der Waals surface area contributed by atoms with Gasteiger partial charge in [-0.05, 0) is 70.5 Å². The van der Waals surface area contributed by atoms with Gasteiger partial charge in [-0.1, -0.05) is 99.6 Å². The molecule has 0 fully saturated rings. The molecular weight excluding hydrogens is 592 g/mol. The number of amides is 1. The highest BCUT2D eigenvalue weighted by Crippen LogP contribution is 2.44. The second-order valence-corrected chi connectivity index (χ2v) is 13.2. The second-order valence-electron chi connectivity index (χ2n) is 13.2. The molecule has 242 valence electrons. The number of hydrogen-bond donors (Lipinski definition) is 2. The van der Waals surface area contributed by atoms with E-state index in [4.69, 9.17) is 4.74 Å². The van der Waals surface area contributed by atoms with Crippen LogP contribution in [0.15, 0.2) is 109 Å². The molecule has 2 N–H and O–H groups in total. The summed E-state index contributed by atoms with van der Waals surface area (Å²) in [6, 6.07) is 32.1. The lowest BCUT2D eigenvalue weighted by Crippen LogP contribution is -2.35. The molecule has 1 amide bonds.